The van der Waals surface area contributed by atoms with Gasteiger partial charge in [0.05, 0.1) is 18.2 Å². The molecule has 2 N–H and O–H groups in total. The Morgan fingerprint density at radius 2 is 2.33 bits per heavy atom. The fraction of sp³-hybridized carbons (Fsp3) is 0.364. The van der Waals surface area contributed by atoms with Crippen LogP contribution in [0.25, 0.3) is 0 Å². The van der Waals surface area contributed by atoms with E-state index in [1.807, 2.05) is 6.07 Å². The first kappa shape index (κ1) is 11.8. The van der Waals surface area contributed by atoms with Crippen LogP contribution in [0.2, 0.25) is 5.02 Å². The van der Waals surface area contributed by atoms with Crippen molar-refractivity contribution in [3.63, 3.8) is 0 Å². The number of methoxy groups -OCH3 is 1. The molecule has 15 heavy (non-hydrogen) atoms. The Bertz CT molecular complexity index is 373. The van der Waals surface area contributed by atoms with Gasteiger partial charge in [0, 0.05) is 12.5 Å². The Morgan fingerprint density at radius 3 is 2.87 bits per heavy atom. The molecule has 0 bridgehead atoms. The molecule has 0 aromatic heterocycles. The van der Waals surface area contributed by atoms with Crippen molar-refractivity contribution in [1.82, 2.24) is 0 Å². The van der Waals surface area contributed by atoms with E-state index in [-0.39, 0.29) is 6.04 Å². The molecule has 0 heterocycles. The van der Waals surface area contributed by atoms with Crippen molar-refractivity contribution in [2.45, 2.75) is 18.9 Å². The van der Waals surface area contributed by atoms with Crippen LogP contribution in [0.1, 0.15) is 24.4 Å². The standard InChI is InChI=1S/C11H13ClN2O/c1-15-11-5-4-8(7-9(11)12)10(14)3-2-6-13/h4-5,7,10H,2-3,14H2,1H3. The number of nitrogens with zero attached hydrogens (tertiary/aromatic N) is 1. The highest BCUT2D eigenvalue weighted by atomic mass is 35.5. The largest absolute Gasteiger partial charge is 0.495 e. The highest BCUT2D eigenvalue weighted by Crippen LogP contribution is 2.28. The van der Waals surface area contributed by atoms with Gasteiger partial charge < -0.3 is 10.5 Å². The lowest BCUT2D eigenvalue weighted by Crippen LogP contribution is -2.09. The molecule has 0 saturated carbocycles. The zero-order chi connectivity index (χ0) is 11.3. The first-order chi connectivity index (χ1) is 7.19. The lowest BCUT2D eigenvalue weighted by atomic mass is 10.0. The summed E-state index contributed by atoms with van der Waals surface area (Å²) in [6.45, 7) is 0. The van der Waals surface area contributed by atoms with Gasteiger partial charge in [-0.05, 0) is 24.1 Å². The average molecular weight is 225 g/mol. The zero-order valence-electron chi connectivity index (χ0n) is 8.53. The molecule has 0 radical (unpaired) electrons. The molecule has 0 aliphatic rings. The number of nitriles is 1. The maximum Gasteiger partial charge on any atom is 0.137 e. The van der Waals surface area contributed by atoms with Crippen molar-refractivity contribution in [3.8, 4) is 11.8 Å². The fourth-order valence-electron chi connectivity index (χ4n) is 1.30. The Hall–Kier alpha value is -1.24. The summed E-state index contributed by atoms with van der Waals surface area (Å²) in [6, 6.07) is 7.35. The van der Waals surface area contributed by atoms with Gasteiger partial charge in [-0.1, -0.05) is 17.7 Å². The van der Waals surface area contributed by atoms with E-state index in [1.165, 1.54) is 0 Å². The number of hydrogen-bond acceptors (Lipinski definition) is 3. The minimum absolute atomic E-state index is 0.145. The monoisotopic (exact) mass is 224 g/mol. The molecule has 0 saturated heterocycles. The van der Waals surface area contributed by atoms with Crippen LogP contribution in [0.3, 0.4) is 0 Å². The summed E-state index contributed by atoms with van der Waals surface area (Å²) < 4.78 is 5.04. The van der Waals surface area contributed by atoms with Crippen molar-refractivity contribution in [2.75, 3.05) is 7.11 Å². The van der Waals surface area contributed by atoms with Crippen molar-refractivity contribution in [3.05, 3.63) is 28.8 Å². The molecule has 1 rings (SSSR count). The fourth-order valence-corrected chi connectivity index (χ4v) is 1.57. The summed E-state index contributed by atoms with van der Waals surface area (Å²) in [4.78, 5) is 0. The summed E-state index contributed by atoms with van der Waals surface area (Å²) in [5.41, 5.74) is 6.82. The van der Waals surface area contributed by atoms with E-state index >= 15 is 0 Å². The van der Waals surface area contributed by atoms with Crippen molar-refractivity contribution >= 4 is 11.6 Å². The highest BCUT2D eigenvalue weighted by molar-refractivity contribution is 6.32. The quantitative estimate of drug-likeness (QED) is 0.856. The van der Waals surface area contributed by atoms with Gasteiger partial charge in [-0.3, -0.25) is 0 Å². The second-order valence-corrected chi connectivity index (χ2v) is 3.60. The predicted octanol–water partition coefficient (Wildman–Crippen LogP) is 2.65. The zero-order valence-corrected chi connectivity index (χ0v) is 9.29. The normalized spacial score (nSPS) is 11.9. The third-order valence-electron chi connectivity index (χ3n) is 2.17. The first-order valence-electron chi connectivity index (χ1n) is 4.65. The molecule has 0 spiro atoms. The number of ether oxygens (including phenoxy) is 1. The van der Waals surface area contributed by atoms with E-state index in [4.69, 9.17) is 27.3 Å². The van der Waals surface area contributed by atoms with Gasteiger partial charge in [-0.25, -0.2) is 0 Å². The summed E-state index contributed by atoms with van der Waals surface area (Å²) >= 11 is 5.96. The smallest absolute Gasteiger partial charge is 0.137 e. The number of rotatable bonds is 4. The molecule has 0 aliphatic heterocycles. The Labute approximate surface area is 94.4 Å². The van der Waals surface area contributed by atoms with Crippen LogP contribution in [-0.2, 0) is 0 Å². The van der Waals surface area contributed by atoms with Gasteiger partial charge in [0.1, 0.15) is 5.75 Å². The first-order valence-corrected chi connectivity index (χ1v) is 5.02. The molecule has 1 aromatic carbocycles. The molecule has 80 valence electrons. The Morgan fingerprint density at radius 1 is 1.60 bits per heavy atom. The van der Waals surface area contributed by atoms with Gasteiger partial charge in [0.2, 0.25) is 0 Å². The molecule has 0 amide bonds. The van der Waals surface area contributed by atoms with Gasteiger partial charge in [-0.15, -0.1) is 0 Å². The van der Waals surface area contributed by atoms with Gasteiger partial charge in [0.25, 0.3) is 0 Å². The van der Waals surface area contributed by atoms with Crippen LogP contribution in [0, 0.1) is 11.3 Å². The highest BCUT2D eigenvalue weighted by Gasteiger charge is 2.08. The summed E-state index contributed by atoms with van der Waals surface area (Å²) in [5, 5.41) is 8.99. The van der Waals surface area contributed by atoms with Crippen LogP contribution in [0.4, 0.5) is 0 Å². The number of nitrogens with two attached hydrogens (primary N) is 1. The number of halogens is 1. The Kier molecular flexibility index (Phi) is 4.41. The minimum Gasteiger partial charge on any atom is -0.495 e. The van der Waals surface area contributed by atoms with Crippen LogP contribution < -0.4 is 10.5 Å². The van der Waals surface area contributed by atoms with Gasteiger partial charge >= 0.3 is 0 Å². The van der Waals surface area contributed by atoms with E-state index in [0.717, 1.165) is 5.56 Å². The van der Waals surface area contributed by atoms with E-state index in [9.17, 15) is 0 Å². The third kappa shape index (κ3) is 3.12. The minimum atomic E-state index is -0.145. The second-order valence-electron chi connectivity index (χ2n) is 3.20. The molecule has 1 atom stereocenters. The lowest BCUT2D eigenvalue weighted by molar-refractivity contribution is 0.414. The second kappa shape index (κ2) is 5.59. The molecule has 3 nitrogen and oxygen atoms in total. The molecule has 0 aliphatic carbocycles. The van der Waals surface area contributed by atoms with E-state index < -0.39 is 0 Å². The van der Waals surface area contributed by atoms with E-state index in [1.54, 1.807) is 19.2 Å². The SMILES string of the molecule is COc1ccc(C(N)CCC#N)cc1Cl. The molecule has 1 unspecified atom stereocenters. The maximum atomic E-state index is 8.45. The maximum absolute atomic E-state index is 8.45. The Balaban J connectivity index is 2.79. The van der Waals surface area contributed by atoms with Crippen LogP contribution in [0.15, 0.2) is 18.2 Å². The van der Waals surface area contributed by atoms with Crippen molar-refractivity contribution in [2.24, 2.45) is 5.73 Å². The third-order valence-corrected chi connectivity index (χ3v) is 2.47. The number of benzene rings is 1. The van der Waals surface area contributed by atoms with Gasteiger partial charge in [0.15, 0.2) is 0 Å². The van der Waals surface area contributed by atoms with Crippen molar-refractivity contribution in [1.29, 1.82) is 5.26 Å². The molecule has 1 aromatic rings. The lowest BCUT2D eigenvalue weighted by Gasteiger charge is -2.11. The topological polar surface area (TPSA) is 59.0 Å². The van der Waals surface area contributed by atoms with Crippen molar-refractivity contribution < 1.29 is 4.74 Å². The summed E-state index contributed by atoms with van der Waals surface area (Å²) in [7, 11) is 1.57. The van der Waals surface area contributed by atoms with E-state index in [0.29, 0.717) is 23.6 Å². The van der Waals surface area contributed by atoms with E-state index in [2.05, 4.69) is 6.07 Å². The average Bonchev–Trinajstić information content (AvgIpc) is 2.25. The summed E-state index contributed by atoms with van der Waals surface area (Å²) in [6.07, 6.45) is 1.09. The van der Waals surface area contributed by atoms with Crippen LogP contribution in [-0.4, -0.2) is 7.11 Å². The molecule has 0 fully saturated rings. The van der Waals surface area contributed by atoms with Crippen LogP contribution in [0.5, 0.6) is 5.75 Å². The number of hydrogen-bond donors (Lipinski definition) is 1. The molecular formula is C11H13ClN2O. The van der Waals surface area contributed by atoms with Gasteiger partial charge in [-0.2, -0.15) is 5.26 Å². The molecule has 4 heteroatoms. The predicted molar refractivity (Wildman–Crippen MR) is 59.8 cm³/mol. The van der Waals surface area contributed by atoms with Crippen LogP contribution >= 0.6 is 11.6 Å². The molecular weight excluding hydrogens is 212 g/mol. The summed E-state index contributed by atoms with van der Waals surface area (Å²) in [5.74, 6) is 0.632.